The van der Waals surface area contributed by atoms with E-state index < -0.39 is 0 Å². The molecule has 21 heavy (non-hydrogen) atoms. The zero-order valence-corrected chi connectivity index (χ0v) is 13.7. The van der Waals surface area contributed by atoms with Gasteiger partial charge in [0.2, 0.25) is 0 Å². The SMILES string of the molecule is CCC(C(=O)c1ccc(OCCBr)cc1)c1ccccc1. The Bertz CT molecular complexity index is 564. The van der Waals surface area contributed by atoms with Gasteiger partial charge in [-0.05, 0) is 36.2 Å². The molecule has 0 heterocycles. The van der Waals surface area contributed by atoms with Crippen molar-refractivity contribution < 1.29 is 9.53 Å². The predicted molar refractivity (Wildman–Crippen MR) is 89.5 cm³/mol. The van der Waals surface area contributed by atoms with Crippen molar-refractivity contribution in [1.29, 1.82) is 0 Å². The molecule has 1 unspecified atom stereocenters. The maximum atomic E-state index is 12.7. The molecule has 0 aliphatic carbocycles. The molecule has 0 N–H and O–H groups in total. The van der Waals surface area contributed by atoms with Gasteiger partial charge in [0.1, 0.15) is 5.75 Å². The second-order valence-electron chi connectivity index (χ2n) is 4.80. The van der Waals surface area contributed by atoms with Crippen LogP contribution in [0.1, 0.15) is 35.2 Å². The van der Waals surface area contributed by atoms with Crippen molar-refractivity contribution in [3.8, 4) is 5.75 Å². The van der Waals surface area contributed by atoms with Crippen molar-refractivity contribution in [1.82, 2.24) is 0 Å². The number of benzene rings is 2. The van der Waals surface area contributed by atoms with E-state index in [1.807, 2.05) is 61.5 Å². The highest BCUT2D eigenvalue weighted by atomic mass is 79.9. The van der Waals surface area contributed by atoms with Crippen LogP contribution in [-0.4, -0.2) is 17.7 Å². The molecule has 0 spiro atoms. The number of hydrogen-bond acceptors (Lipinski definition) is 2. The van der Waals surface area contributed by atoms with Gasteiger partial charge in [-0.2, -0.15) is 0 Å². The van der Waals surface area contributed by atoms with Crippen LogP contribution in [0.2, 0.25) is 0 Å². The van der Waals surface area contributed by atoms with E-state index in [2.05, 4.69) is 15.9 Å². The minimum Gasteiger partial charge on any atom is -0.493 e. The molecule has 1 atom stereocenters. The summed E-state index contributed by atoms with van der Waals surface area (Å²) in [6.45, 7) is 2.66. The first kappa shape index (κ1) is 15.8. The molecule has 3 heteroatoms. The van der Waals surface area contributed by atoms with Crippen LogP contribution in [0.4, 0.5) is 0 Å². The summed E-state index contributed by atoms with van der Waals surface area (Å²) < 4.78 is 5.50. The molecule has 0 aliphatic heterocycles. The minimum absolute atomic E-state index is 0.0829. The number of alkyl halides is 1. The number of halogens is 1. The van der Waals surface area contributed by atoms with Crippen LogP contribution in [0.15, 0.2) is 54.6 Å². The summed E-state index contributed by atoms with van der Waals surface area (Å²) in [5, 5.41) is 0.791. The largest absolute Gasteiger partial charge is 0.493 e. The van der Waals surface area contributed by atoms with Crippen LogP contribution in [0, 0.1) is 0 Å². The van der Waals surface area contributed by atoms with Gasteiger partial charge in [0, 0.05) is 16.8 Å². The van der Waals surface area contributed by atoms with E-state index in [1.165, 1.54) is 0 Å². The predicted octanol–water partition coefficient (Wildman–Crippen LogP) is 4.84. The highest BCUT2D eigenvalue weighted by molar-refractivity contribution is 9.09. The highest BCUT2D eigenvalue weighted by Gasteiger charge is 2.19. The van der Waals surface area contributed by atoms with Crippen LogP contribution >= 0.6 is 15.9 Å². The summed E-state index contributed by atoms with van der Waals surface area (Å²) in [7, 11) is 0. The minimum atomic E-state index is -0.0829. The molecule has 2 aromatic rings. The van der Waals surface area contributed by atoms with E-state index in [0.717, 1.165) is 28.6 Å². The molecule has 0 radical (unpaired) electrons. The summed E-state index contributed by atoms with van der Waals surface area (Å²) in [4.78, 5) is 12.7. The van der Waals surface area contributed by atoms with Crippen molar-refractivity contribution in [2.24, 2.45) is 0 Å². The number of ether oxygens (including phenoxy) is 1. The smallest absolute Gasteiger partial charge is 0.170 e. The highest BCUT2D eigenvalue weighted by Crippen LogP contribution is 2.25. The number of rotatable bonds is 7. The quantitative estimate of drug-likeness (QED) is 0.529. The van der Waals surface area contributed by atoms with Crippen LogP contribution in [0.5, 0.6) is 5.75 Å². The Morgan fingerprint density at radius 2 is 1.76 bits per heavy atom. The van der Waals surface area contributed by atoms with Crippen LogP contribution in [0.25, 0.3) is 0 Å². The van der Waals surface area contributed by atoms with Crippen molar-refractivity contribution in [3.05, 3.63) is 65.7 Å². The lowest BCUT2D eigenvalue weighted by Gasteiger charge is -2.14. The van der Waals surface area contributed by atoms with Gasteiger partial charge in [-0.15, -0.1) is 0 Å². The topological polar surface area (TPSA) is 26.3 Å². The van der Waals surface area contributed by atoms with Crippen molar-refractivity contribution in [2.45, 2.75) is 19.3 Å². The third-order valence-corrected chi connectivity index (χ3v) is 3.74. The number of ketones is 1. The Morgan fingerprint density at radius 3 is 2.33 bits per heavy atom. The third kappa shape index (κ3) is 4.18. The van der Waals surface area contributed by atoms with Gasteiger partial charge in [-0.1, -0.05) is 53.2 Å². The van der Waals surface area contributed by atoms with Crippen molar-refractivity contribution in [3.63, 3.8) is 0 Å². The first-order valence-corrected chi connectivity index (χ1v) is 8.26. The Balaban J connectivity index is 2.14. The third-order valence-electron chi connectivity index (χ3n) is 3.41. The van der Waals surface area contributed by atoms with E-state index in [4.69, 9.17) is 4.74 Å². The maximum absolute atomic E-state index is 12.7. The lowest BCUT2D eigenvalue weighted by atomic mass is 9.89. The Morgan fingerprint density at radius 1 is 1.10 bits per heavy atom. The normalized spacial score (nSPS) is 11.9. The fourth-order valence-corrected chi connectivity index (χ4v) is 2.49. The Labute approximate surface area is 134 Å². The molecule has 2 aromatic carbocycles. The summed E-state index contributed by atoms with van der Waals surface area (Å²) >= 11 is 3.32. The number of Topliss-reactive ketones (excluding diaryl/α,β-unsaturated/α-hetero) is 1. The lowest BCUT2D eigenvalue weighted by Crippen LogP contribution is -2.12. The van der Waals surface area contributed by atoms with E-state index in [-0.39, 0.29) is 11.7 Å². The second kappa shape index (κ2) is 7.99. The molecule has 0 amide bonds. The number of carbonyl (C=O) groups is 1. The summed E-state index contributed by atoms with van der Waals surface area (Å²) in [6, 6.07) is 17.3. The van der Waals surface area contributed by atoms with Crippen LogP contribution in [-0.2, 0) is 0 Å². The Hall–Kier alpha value is -1.61. The van der Waals surface area contributed by atoms with E-state index in [9.17, 15) is 4.79 Å². The van der Waals surface area contributed by atoms with E-state index >= 15 is 0 Å². The molecule has 0 aromatic heterocycles. The molecule has 0 saturated carbocycles. The summed E-state index contributed by atoms with van der Waals surface area (Å²) in [5.74, 6) is 0.870. The lowest BCUT2D eigenvalue weighted by molar-refractivity contribution is 0.0957. The molecular formula is C18H19BrO2. The van der Waals surface area contributed by atoms with Crippen molar-refractivity contribution >= 4 is 21.7 Å². The van der Waals surface area contributed by atoms with Gasteiger partial charge in [0.05, 0.1) is 6.61 Å². The maximum Gasteiger partial charge on any atom is 0.170 e. The molecule has 0 fully saturated rings. The first-order valence-electron chi connectivity index (χ1n) is 7.14. The molecule has 2 nitrogen and oxygen atoms in total. The second-order valence-corrected chi connectivity index (χ2v) is 5.59. The number of hydrogen-bond donors (Lipinski definition) is 0. The van der Waals surface area contributed by atoms with Gasteiger partial charge in [0.25, 0.3) is 0 Å². The fraction of sp³-hybridized carbons (Fsp3) is 0.278. The number of carbonyl (C=O) groups excluding carboxylic acids is 1. The zero-order valence-electron chi connectivity index (χ0n) is 12.1. The molecule has 0 bridgehead atoms. The van der Waals surface area contributed by atoms with Crippen molar-refractivity contribution in [2.75, 3.05) is 11.9 Å². The molecule has 0 aliphatic rings. The van der Waals surface area contributed by atoms with E-state index in [0.29, 0.717) is 6.61 Å². The van der Waals surface area contributed by atoms with Gasteiger partial charge in [-0.3, -0.25) is 4.79 Å². The molecular weight excluding hydrogens is 328 g/mol. The summed E-state index contributed by atoms with van der Waals surface area (Å²) in [6.07, 6.45) is 0.796. The van der Waals surface area contributed by atoms with E-state index in [1.54, 1.807) is 0 Å². The van der Waals surface area contributed by atoms with Gasteiger partial charge in [0.15, 0.2) is 5.78 Å². The molecule has 2 rings (SSSR count). The first-order chi connectivity index (χ1) is 10.3. The standard InChI is InChI=1S/C18H19BrO2/c1-2-17(14-6-4-3-5-7-14)18(20)15-8-10-16(11-9-15)21-13-12-19/h3-11,17H,2,12-13H2,1H3. The zero-order chi connectivity index (χ0) is 15.1. The summed E-state index contributed by atoms with van der Waals surface area (Å²) in [5.41, 5.74) is 1.81. The molecule has 0 saturated heterocycles. The monoisotopic (exact) mass is 346 g/mol. The Kier molecular flexibility index (Phi) is 6.00. The average Bonchev–Trinajstić information content (AvgIpc) is 2.55. The average molecular weight is 347 g/mol. The van der Waals surface area contributed by atoms with Gasteiger partial charge < -0.3 is 4.74 Å². The fourth-order valence-electron chi connectivity index (χ4n) is 2.33. The van der Waals surface area contributed by atoms with Crippen LogP contribution in [0.3, 0.4) is 0 Å². The van der Waals surface area contributed by atoms with Gasteiger partial charge >= 0.3 is 0 Å². The molecule has 110 valence electrons. The van der Waals surface area contributed by atoms with Gasteiger partial charge in [-0.25, -0.2) is 0 Å². The van der Waals surface area contributed by atoms with Crippen LogP contribution < -0.4 is 4.74 Å².